The molecule has 96 valence electrons. The van der Waals surface area contributed by atoms with Gasteiger partial charge in [0.25, 0.3) is 0 Å². The van der Waals surface area contributed by atoms with Crippen LogP contribution in [0.15, 0.2) is 16.6 Å². The molecular weight excluding hydrogens is 303 g/mol. The second kappa shape index (κ2) is 5.14. The Labute approximate surface area is 105 Å². The van der Waals surface area contributed by atoms with E-state index in [4.69, 9.17) is 15.2 Å². The highest BCUT2D eigenvalue weighted by molar-refractivity contribution is 9.10. The molecule has 1 rings (SSSR count). The number of alkyl halides is 3. The van der Waals surface area contributed by atoms with Crippen LogP contribution in [0.2, 0.25) is 0 Å². The quantitative estimate of drug-likeness (QED) is 0.933. The van der Waals surface area contributed by atoms with Crippen molar-refractivity contribution < 1.29 is 22.6 Å². The second-order valence-electron chi connectivity index (χ2n) is 3.26. The summed E-state index contributed by atoms with van der Waals surface area (Å²) in [6.45, 7) is 0. The molecule has 0 spiro atoms. The summed E-state index contributed by atoms with van der Waals surface area (Å²) in [7, 11) is 2.74. The van der Waals surface area contributed by atoms with Crippen LogP contribution in [0.1, 0.15) is 11.6 Å². The topological polar surface area (TPSA) is 44.5 Å². The van der Waals surface area contributed by atoms with Gasteiger partial charge >= 0.3 is 6.18 Å². The molecule has 1 aromatic rings. The summed E-state index contributed by atoms with van der Waals surface area (Å²) in [6.07, 6.45) is -4.50. The van der Waals surface area contributed by atoms with Gasteiger partial charge in [0, 0.05) is 0 Å². The third-order valence-electron chi connectivity index (χ3n) is 2.17. The van der Waals surface area contributed by atoms with Gasteiger partial charge in [0.2, 0.25) is 0 Å². The molecule has 1 aromatic carbocycles. The lowest BCUT2D eigenvalue weighted by Gasteiger charge is -2.18. The van der Waals surface area contributed by atoms with Crippen LogP contribution in [-0.2, 0) is 0 Å². The highest BCUT2D eigenvalue weighted by atomic mass is 79.9. The molecule has 0 saturated carbocycles. The minimum atomic E-state index is -4.50. The molecule has 0 aromatic heterocycles. The molecule has 0 saturated heterocycles. The molecule has 0 bridgehead atoms. The number of benzene rings is 1. The first kappa shape index (κ1) is 14.1. The van der Waals surface area contributed by atoms with Gasteiger partial charge in [-0.05, 0) is 33.6 Å². The normalized spacial score (nSPS) is 13.4. The number of halogens is 4. The fraction of sp³-hybridized carbons (Fsp3) is 0.400. The van der Waals surface area contributed by atoms with Crippen LogP contribution in [0, 0.1) is 0 Å². The molecule has 0 amide bonds. The Hall–Kier alpha value is -0.950. The fourth-order valence-electron chi connectivity index (χ4n) is 1.31. The van der Waals surface area contributed by atoms with E-state index in [0.717, 1.165) is 0 Å². The average Bonchev–Trinajstić information content (AvgIpc) is 2.25. The number of nitrogens with two attached hydrogens (primary N) is 1. The van der Waals surface area contributed by atoms with E-state index in [1.165, 1.54) is 26.4 Å². The first-order valence-electron chi connectivity index (χ1n) is 4.55. The Kier molecular flexibility index (Phi) is 4.26. The van der Waals surface area contributed by atoms with Crippen molar-refractivity contribution in [3.63, 3.8) is 0 Å². The van der Waals surface area contributed by atoms with Crippen LogP contribution >= 0.6 is 15.9 Å². The molecule has 0 aliphatic rings. The maximum Gasteiger partial charge on any atom is 0.407 e. The third kappa shape index (κ3) is 3.04. The van der Waals surface area contributed by atoms with Gasteiger partial charge in [-0.15, -0.1) is 0 Å². The summed E-state index contributed by atoms with van der Waals surface area (Å²) in [5.41, 5.74) is 5.02. The molecule has 0 unspecified atom stereocenters. The van der Waals surface area contributed by atoms with Crippen LogP contribution < -0.4 is 15.2 Å². The zero-order valence-electron chi connectivity index (χ0n) is 9.14. The lowest BCUT2D eigenvalue weighted by molar-refractivity contribution is -0.149. The predicted octanol–water partition coefficient (Wildman–Crippen LogP) is 3.03. The van der Waals surface area contributed by atoms with E-state index in [1.807, 2.05) is 0 Å². The number of ether oxygens (including phenoxy) is 2. The molecule has 3 nitrogen and oxygen atoms in total. The van der Waals surface area contributed by atoms with Crippen molar-refractivity contribution in [1.29, 1.82) is 0 Å². The number of hydrogen-bond donors (Lipinski definition) is 1. The molecule has 0 fully saturated rings. The van der Waals surface area contributed by atoms with Crippen LogP contribution in [0.3, 0.4) is 0 Å². The Morgan fingerprint density at radius 3 is 2.24 bits per heavy atom. The van der Waals surface area contributed by atoms with E-state index in [2.05, 4.69) is 15.9 Å². The van der Waals surface area contributed by atoms with E-state index in [-0.39, 0.29) is 11.3 Å². The molecule has 17 heavy (non-hydrogen) atoms. The van der Waals surface area contributed by atoms with Crippen LogP contribution in [-0.4, -0.2) is 20.4 Å². The minimum absolute atomic E-state index is 0.0953. The van der Waals surface area contributed by atoms with Gasteiger partial charge < -0.3 is 15.2 Å². The molecule has 2 N–H and O–H groups in total. The summed E-state index contributed by atoms with van der Waals surface area (Å²) in [6, 6.07) is 0.417. The lowest BCUT2D eigenvalue weighted by atomic mass is 10.1. The Morgan fingerprint density at radius 1 is 1.24 bits per heavy atom. The molecule has 7 heteroatoms. The highest BCUT2D eigenvalue weighted by Gasteiger charge is 2.38. The summed E-state index contributed by atoms with van der Waals surface area (Å²) >= 11 is 3.11. The molecule has 0 heterocycles. The van der Waals surface area contributed by atoms with Gasteiger partial charge in [-0.25, -0.2) is 0 Å². The van der Waals surface area contributed by atoms with Crippen molar-refractivity contribution in [2.75, 3.05) is 14.2 Å². The van der Waals surface area contributed by atoms with E-state index >= 15 is 0 Å². The van der Waals surface area contributed by atoms with E-state index < -0.39 is 12.2 Å². The Morgan fingerprint density at radius 2 is 1.82 bits per heavy atom. The third-order valence-corrected chi connectivity index (χ3v) is 2.76. The summed E-state index contributed by atoms with van der Waals surface area (Å²) in [5.74, 6) is 0.516. The SMILES string of the molecule is COc1cc([C@@H](N)C(F)(F)F)cc(Br)c1OC. The monoisotopic (exact) mass is 313 g/mol. The first-order chi connectivity index (χ1) is 7.81. The van der Waals surface area contributed by atoms with Crippen molar-refractivity contribution in [2.45, 2.75) is 12.2 Å². The maximum atomic E-state index is 12.5. The summed E-state index contributed by atoms with van der Waals surface area (Å²) in [5, 5.41) is 0. The van der Waals surface area contributed by atoms with Gasteiger partial charge in [0.15, 0.2) is 11.5 Å². The van der Waals surface area contributed by atoms with E-state index in [0.29, 0.717) is 10.2 Å². The van der Waals surface area contributed by atoms with Gasteiger partial charge in [0.1, 0.15) is 6.04 Å². The molecule has 0 radical (unpaired) electrons. The zero-order valence-corrected chi connectivity index (χ0v) is 10.7. The van der Waals surface area contributed by atoms with Crippen molar-refractivity contribution >= 4 is 15.9 Å². The van der Waals surface area contributed by atoms with Crippen LogP contribution in [0.5, 0.6) is 11.5 Å². The van der Waals surface area contributed by atoms with Gasteiger partial charge in [-0.1, -0.05) is 0 Å². The highest BCUT2D eigenvalue weighted by Crippen LogP contribution is 2.40. The molecule has 0 aliphatic heterocycles. The fourth-order valence-corrected chi connectivity index (χ4v) is 1.93. The van der Waals surface area contributed by atoms with Crippen LogP contribution in [0.25, 0.3) is 0 Å². The molecule has 0 aliphatic carbocycles. The van der Waals surface area contributed by atoms with Gasteiger partial charge in [-0.3, -0.25) is 0 Å². The van der Waals surface area contributed by atoms with E-state index in [9.17, 15) is 13.2 Å². The maximum absolute atomic E-state index is 12.5. The Balaban J connectivity index is 3.25. The van der Waals surface area contributed by atoms with Crippen molar-refractivity contribution in [3.05, 3.63) is 22.2 Å². The van der Waals surface area contributed by atoms with Crippen molar-refractivity contribution in [3.8, 4) is 11.5 Å². The number of hydrogen-bond acceptors (Lipinski definition) is 3. The second-order valence-corrected chi connectivity index (χ2v) is 4.11. The first-order valence-corrected chi connectivity index (χ1v) is 5.34. The summed E-state index contributed by atoms with van der Waals surface area (Å²) in [4.78, 5) is 0. The van der Waals surface area contributed by atoms with Gasteiger partial charge in [0.05, 0.1) is 18.7 Å². The number of rotatable bonds is 3. The Bertz CT molecular complexity index is 409. The summed E-state index contributed by atoms with van der Waals surface area (Å²) < 4.78 is 47.7. The van der Waals surface area contributed by atoms with Crippen molar-refractivity contribution in [1.82, 2.24) is 0 Å². The smallest absolute Gasteiger partial charge is 0.407 e. The number of methoxy groups -OCH3 is 2. The van der Waals surface area contributed by atoms with Crippen molar-refractivity contribution in [2.24, 2.45) is 5.73 Å². The van der Waals surface area contributed by atoms with Crippen LogP contribution in [0.4, 0.5) is 13.2 Å². The van der Waals surface area contributed by atoms with E-state index in [1.54, 1.807) is 0 Å². The standard InChI is InChI=1S/C10H11BrF3NO2/c1-16-7-4-5(9(15)10(12,13)14)3-6(11)8(7)17-2/h3-4,9H,15H2,1-2H3/t9-/m1/s1. The zero-order chi connectivity index (χ0) is 13.2. The lowest BCUT2D eigenvalue weighted by Crippen LogP contribution is -2.28. The minimum Gasteiger partial charge on any atom is -0.493 e. The molecular formula is C10H11BrF3NO2. The predicted molar refractivity (Wildman–Crippen MR) is 60.2 cm³/mol. The van der Waals surface area contributed by atoms with Gasteiger partial charge in [-0.2, -0.15) is 13.2 Å². The average molecular weight is 314 g/mol. The molecule has 1 atom stereocenters. The largest absolute Gasteiger partial charge is 0.493 e.